The second-order valence-electron chi connectivity index (χ2n) is 12.9. The summed E-state index contributed by atoms with van der Waals surface area (Å²) in [4.78, 5) is 13.7. The molecule has 0 spiro atoms. The van der Waals surface area contributed by atoms with E-state index in [1.807, 2.05) is 77.9 Å². The number of aryl methyl sites for hydroxylation is 3. The normalized spacial score (nSPS) is 11.2. The molecule has 0 aliphatic heterocycles. The monoisotopic (exact) mass is 778 g/mol. The number of nitrogens with zero attached hydrogens (tertiary/aromatic N) is 6. The van der Waals surface area contributed by atoms with Crippen LogP contribution >= 0.6 is 0 Å². The average molecular weight is 779 g/mol. The van der Waals surface area contributed by atoms with Gasteiger partial charge in [0.15, 0.2) is 0 Å². The minimum atomic E-state index is 0. The van der Waals surface area contributed by atoms with Gasteiger partial charge in [-0.3, -0.25) is 14.6 Å². The first kappa shape index (κ1) is 33.9. The first-order valence-corrected chi connectivity index (χ1v) is 17.1. The molecule has 0 fully saturated rings. The SMILES string of the molecule is Cc1ccnc(-n2c3[c-]c(Oc4[c-]c(-n5nc(-c6cccnc6)c(-c6c(C)cccc6C)c5-c5cccnc5)ccc4)ccc3c3ccccc32)c1.[Pd+2]. The molecule has 9 aromatic rings. The van der Waals surface area contributed by atoms with E-state index in [1.54, 1.807) is 12.4 Å². The third-order valence-electron chi connectivity index (χ3n) is 9.37. The topological polar surface area (TPSA) is 70.7 Å². The van der Waals surface area contributed by atoms with Crippen molar-refractivity contribution in [1.29, 1.82) is 0 Å². The van der Waals surface area contributed by atoms with Crippen LogP contribution in [0.3, 0.4) is 0 Å². The van der Waals surface area contributed by atoms with Crippen LogP contribution in [0.25, 0.3) is 67.0 Å². The van der Waals surface area contributed by atoms with Crippen molar-refractivity contribution in [3.63, 3.8) is 0 Å². The van der Waals surface area contributed by atoms with E-state index in [-0.39, 0.29) is 20.4 Å². The van der Waals surface area contributed by atoms with E-state index >= 15 is 0 Å². The van der Waals surface area contributed by atoms with Crippen LogP contribution in [-0.2, 0) is 20.4 Å². The summed E-state index contributed by atoms with van der Waals surface area (Å²) >= 11 is 0. The van der Waals surface area contributed by atoms with Gasteiger partial charge in [0.1, 0.15) is 11.5 Å². The van der Waals surface area contributed by atoms with E-state index in [2.05, 4.69) is 102 Å². The summed E-state index contributed by atoms with van der Waals surface area (Å²) in [6.07, 6.45) is 9.14. The van der Waals surface area contributed by atoms with E-state index < -0.39 is 0 Å². The van der Waals surface area contributed by atoms with Crippen LogP contribution in [0, 0.1) is 32.9 Å². The van der Waals surface area contributed by atoms with Gasteiger partial charge in [-0.2, -0.15) is 17.2 Å². The van der Waals surface area contributed by atoms with E-state index in [4.69, 9.17) is 14.8 Å². The van der Waals surface area contributed by atoms with Crippen LogP contribution in [0.1, 0.15) is 16.7 Å². The Hall–Kier alpha value is -6.20. The Labute approximate surface area is 321 Å². The van der Waals surface area contributed by atoms with E-state index in [9.17, 15) is 0 Å². The van der Waals surface area contributed by atoms with Crippen molar-refractivity contribution in [3.05, 3.63) is 169 Å². The molecule has 0 saturated carbocycles. The van der Waals surface area contributed by atoms with Crippen LogP contribution in [-0.4, -0.2) is 29.3 Å². The zero-order valence-corrected chi connectivity index (χ0v) is 30.7. The number of fused-ring (bicyclic) bond motifs is 3. The van der Waals surface area contributed by atoms with Gasteiger partial charge in [-0.05, 0) is 96.6 Å². The number of hydrogen-bond donors (Lipinski definition) is 0. The Balaban J connectivity index is 0.00000400. The van der Waals surface area contributed by atoms with Crippen LogP contribution in [0.4, 0.5) is 0 Å². The van der Waals surface area contributed by atoms with Gasteiger partial charge in [0.05, 0.1) is 5.69 Å². The summed E-state index contributed by atoms with van der Waals surface area (Å²) in [6.45, 7) is 6.36. The molecule has 0 aliphatic carbocycles. The maximum atomic E-state index is 6.54. The van der Waals surface area contributed by atoms with Gasteiger partial charge >= 0.3 is 20.4 Å². The Bertz CT molecular complexity index is 2740. The molecule has 53 heavy (non-hydrogen) atoms. The maximum absolute atomic E-state index is 6.54. The van der Waals surface area contributed by atoms with E-state index in [0.29, 0.717) is 11.5 Å². The standard InChI is InChI=1S/C45H32N6O.Pd/c1-29-20-23-48-41(24-29)50-39-17-5-4-16-37(39)38-19-18-36(26-40(38)50)52-35-15-7-14-34(25-35)51-45(33-13-9-22-47-28-33)43(42-30(2)10-6-11-31(42)3)44(49-51)32-12-8-21-46-27-32;/h4-24,27-28H,1-3H3;/q-2;+2. The Morgan fingerprint density at radius 3 is 2.11 bits per heavy atom. The average Bonchev–Trinajstić information content (AvgIpc) is 3.72. The second kappa shape index (κ2) is 14.1. The van der Waals surface area contributed by atoms with Crippen molar-refractivity contribution in [2.75, 3.05) is 0 Å². The number of aromatic nitrogens is 6. The molecule has 0 radical (unpaired) electrons. The molecule has 8 heteroatoms. The molecule has 0 atom stereocenters. The molecule has 0 N–H and O–H groups in total. The first-order valence-electron chi connectivity index (χ1n) is 17.1. The quantitative estimate of drug-likeness (QED) is 0.119. The van der Waals surface area contributed by atoms with Gasteiger partial charge in [-0.15, -0.1) is 35.7 Å². The summed E-state index contributed by atoms with van der Waals surface area (Å²) in [5.74, 6) is 1.94. The first-order chi connectivity index (χ1) is 25.5. The van der Waals surface area contributed by atoms with Gasteiger partial charge in [0.2, 0.25) is 0 Å². The third-order valence-corrected chi connectivity index (χ3v) is 9.37. The van der Waals surface area contributed by atoms with E-state index in [1.165, 1.54) is 0 Å². The minimum Gasteiger partial charge on any atom is -0.509 e. The molecule has 5 aromatic heterocycles. The summed E-state index contributed by atoms with van der Waals surface area (Å²) in [5.41, 5.74) is 11.8. The van der Waals surface area contributed by atoms with Crippen molar-refractivity contribution in [1.82, 2.24) is 29.3 Å². The number of rotatable bonds is 7. The number of para-hydroxylation sites is 1. The smallest absolute Gasteiger partial charge is 0.509 e. The molecule has 0 bridgehead atoms. The zero-order chi connectivity index (χ0) is 35.2. The van der Waals surface area contributed by atoms with Gasteiger partial charge in [0.25, 0.3) is 0 Å². The number of ether oxygens (including phenoxy) is 1. The largest absolute Gasteiger partial charge is 2.00 e. The Kier molecular flexibility index (Phi) is 9.01. The molecule has 258 valence electrons. The second-order valence-corrected chi connectivity index (χ2v) is 12.9. The number of pyridine rings is 3. The molecule has 0 saturated heterocycles. The summed E-state index contributed by atoms with van der Waals surface area (Å²) in [6, 6.07) is 43.8. The fourth-order valence-electron chi connectivity index (χ4n) is 7.06. The molecule has 0 aliphatic rings. The Morgan fingerprint density at radius 2 is 1.36 bits per heavy atom. The molecule has 5 heterocycles. The van der Waals surface area contributed by atoms with Gasteiger partial charge in [0, 0.05) is 64.7 Å². The van der Waals surface area contributed by atoms with Gasteiger partial charge in [-0.25, -0.2) is 4.98 Å². The summed E-state index contributed by atoms with van der Waals surface area (Å²) in [7, 11) is 0. The zero-order valence-electron chi connectivity index (χ0n) is 29.2. The van der Waals surface area contributed by atoms with Crippen molar-refractivity contribution in [2.45, 2.75) is 20.8 Å². The molecule has 7 nitrogen and oxygen atoms in total. The van der Waals surface area contributed by atoms with E-state index in [0.717, 1.165) is 83.6 Å². The van der Waals surface area contributed by atoms with Crippen LogP contribution in [0.2, 0.25) is 0 Å². The van der Waals surface area contributed by atoms with Crippen LogP contribution < -0.4 is 4.74 Å². The van der Waals surface area contributed by atoms with Crippen molar-refractivity contribution in [2.24, 2.45) is 0 Å². The molecular formula is C45H32N6OPd. The molecule has 0 unspecified atom stereocenters. The summed E-state index contributed by atoms with van der Waals surface area (Å²) < 4.78 is 10.6. The van der Waals surface area contributed by atoms with Crippen molar-refractivity contribution < 1.29 is 25.2 Å². The molecule has 0 amide bonds. The molecule has 9 rings (SSSR count). The summed E-state index contributed by atoms with van der Waals surface area (Å²) in [5, 5.41) is 7.50. The van der Waals surface area contributed by atoms with Crippen LogP contribution in [0.15, 0.2) is 140 Å². The fourth-order valence-corrected chi connectivity index (χ4v) is 7.06. The number of hydrogen-bond acceptors (Lipinski definition) is 5. The Morgan fingerprint density at radius 1 is 0.623 bits per heavy atom. The van der Waals surface area contributed by atoms with Crippen LogP contribution in [0.5, 0.6) is 11.5 Å². The predicted octanol–water partition coefficient (Wildman–Crippen LogP) is 10.5. The predicted molar refractivity (Wildman–Crippen MR) is 206 cm³/mol. The maximum Gasteiger partial charge on any atom is 2.00 e. The molecular weight excluding hydrogens is 747 g/mol. The van der Waals surface area contributed by atoms with Crippen molar-refractivity contribution >= 4 is 21.8 Å². The number of benzene rings is 4. The van der Waals surface area contributed by atoms with Gasteiger partial charge < -0.3 is 9.30 Å². The van der Waals surface area contributed by atoms with Gasteiger partial charge in [-0.1, -0.05) is 41.9 Å². The fraction of sp³-hybridized carbons (Fsp3) is 0.0667. The minimum absolute atomic E-state index is 0. The molecule has 4 aromatic carbocycles. The third kappa shape index (κ3) is 6.12. The van der Waals surface area contributed by atoms with Crippen molar-refractivity contribution in [3.8, 4) is 56.6 Å².